The van der Waals surface area contributed by atoms with Crippen LogP contribution in [0.5, 0.6) is 11.5 Å². The number of rotatable bonds is 8. The van der Waals surface area contributed by atoms with Crippen molar-refractivity contribution in [3.8, 4) is 11.5 Å². The molecule has 0 spiro atoms. The summed E-state index contributed by atoms with van der Waals surface area (Å²) in [6.07, 6.45) is 1.51. The first-order valence-corrected chi connectivity index (χ1v) is 7.88. The second kappa shape index (κ2) is 9.54. The van der Waals surface area contributed by atoms with Crippen molar-refractivity contribution < 1.29 is 19.1 Å². The van der Waals surface area contributed by atoms with Crippen molar-refractivity contribution in [1.82, 2.24) is 5.32 Å². The van der Waals surface area contributed by atoms with E-state index in [9.17, 15) is 4.79 Å². The molecule has 2 aromatic rings. The van der Waals surface area contributed by atoms with Gasteiger partial charge in [-0.3, -0.25) is 4.79 Å². The van der Waals surface area contributed by atoms with E-state index in [-0.39, 0.29) is 12.5 Å². The van der Waals surface area contributed by atoms with E-state index < -0.39 is 0 Å². The highest BCUT2D eigenvalue weighted by atomic mass is 35.5. The molecule has 0 saturated carbocycles. The van der Waals surface area contributed by atoms with Gasteiger partial charge < -0.3 is 19.6 Å². The summed E-state index contributed by atoms with van der Waals surface area (Å²) in [5.74, 6) is 0.971. The zero-order valence-electron chi connectivity index (χ0n) is 14.0. The second-order valence-corrected chi connectivity index (χ2v) is 5.46. The van der Waals surface area contributed by atoms with Crippen LogP contribution in [0.2, 0.25) is 5.02 Å². The van der Waals surface area contributed by atoms with Crippen molar-refractivity contribution in [1.29, 1.82) is 0 Å². The number of hydrogen-bond acceptors (Lipinski definition) is 5. The monoisotopic (exact) mass is 362 g/mol. The molecule has 1 N–H and O–H groups in total. The molecule has 2 aromatic carbocycles. The fraction of sp³-hybridized carbons (Fsp3) is 0.222. The molecular formula is C18H19ClN2O4. The first kappa shape index (κ1) is 18.6. The van der Waals surface area contributed by atoms with Crippen LogP contribution in [-0.4, -0.2) is 32.9 Å². The van der Waals surface area contributed by atoms with Crippen LogP contribution in [0, 0.1) is 0 Å². The smallest absolute Gasteiger partial charge is 0.261 e. The standard InChI is InChI=1S/C18H19ClN2O4/c1-23-16-8-5-14(9-17(16)24-2)10-20-18(22)12-25-21-11-13-3-6-15(19)7-4-13/h3-9,11H,10,12H2,1-2H3,(H,20,22)/b21-11-. The molecule has 0 radical (unpaired) electrons. The number of carbonyl (C=O) groups excluding carboxylic acids is 1. The van der Waals surface area contributed by atoms with Crippen LogP contribution in [0.1, 0.15) is 11.1 Å². The molecule has 7 heteroatoms. The van der Waals surface area contributed by atoms with E-state index in [1.807, 2.05) is 6.07 Å². The Morgan fingerprint density at radius 2 is 1.84 bits per heavy atom. The lowest BCUT2D eigenvalue weighted by molar-refractivity contribution is -0.125. The SMILES string of the molecule is COc1ccc(CNC(=O)CO/N=C\c2ccc(Cl)cc2)cc1OC. The van der Waals surface area contributed by atoms with Gasteiger partial charge in [-0.2, -0.15) is 0 Å². The third kappa shape index (κ3) is 6.00. The van der Waals surface area contributed by atoms with Gasteiger partial charge in [0.2, 0.25) is 0 Å². The maximum absolute atomic E-state index is 11.8. The quantitative estimate of drug-likeness (QED) is 0.579. The summed E-state index contributed by atoms with van der Waals surface area (Å²) in [5, 5.41) is 7.14. The van der Waals surface area contributed by atoms with E-state index >= 15 is 0 Å². The molecule has 0 fully saturated rings. The van der Waals surface area contributed by atoms with Gasteiger partial charge in [0.25, 0.3) is 5.91 Å². The highest BCUT2D eigenvalue weighted by Crippen LogP contribution is 2.27. The van der Waals surface area contributed by atoms with Crippen LogP contribution >= 0.6 is 11.6 Å². The number of ether oxygens (including phenoxy) is 2. The lowest BCUT2D eigenvalue weighted by Gasteiger charge is -2.10. The van der Waals surface area contributed by atoms with Gasteiger partial charge in [0.05, 0.1) is 20.4 Å². The predicted molar refractivity (Wildman–Crippen MR) is 96.4 cm³/mol. The molecule has 0 aliphatic heterocycles. The van der Waals surface area contributed by atoms with Crippen LogP contribution in [0.15, 0.2) is 47.6 Å². The van der Waals surface area contributed by atoms with Gasteiger partial charge in [-0.1, -0.05) is 35.0 Å². The minimum atomic E-state index is -0.275. The maximum Gasteiger partial charge on any atom is 0.261 e. The molecule has 0 bridgehead atoms. The van der Waals surface area contributed by atoms with E-state index in [0.29, 0.717) is 23.1 Å². The Labute approximate surface area is 151 Å². The van der Waals surface area contributed by atoms with Crippen molar-refractivity contribution in [2.45, 2.75) is 6.54 Å². The summed E-state index contributed by atoms with van der Waals surface area (Å²) in [6.45, 7) is 0.181. The van der Waals surface area contributed by atoms with Crippen LogP contribution < -0.4 is 14.8 Å². The van der Waals surface area contributed by atoms with E-state index in [1.165, 1.54) is 6.21 Å². The molecular weight excluding hydrogens is 344 g/mol. The fourth-order valence-corrected chi connectivity index (χ4v) is 2.11. The highest BCUT2D eigenvalue weighted by molar-refractivity contribution is 6.30. The Balaban J connectivity index is 1.76. The molecule has 0 unspecified atom stereocenters. The molecule has 0 aliphatic carbocycles. The van der Waals surface area contributed by atoms with Crippen molar-refractivity contribution >= 4 is 23.7 Å². The zero-order valence-corrected chi connectivity index (χ0v) is 14.7. The lowest BCUT2D eigenvalue weighted by atomic mass is 10.2. The summed E-state index contributed by atoms with van der Waals surface area (Å²) in [7, 11) is 3.13. The van der Waals surface area contributed by atoms with Crippen LogP contribution in [-0.2, 0) is 16.2 Å². The van der Waals surface area contributed by atoms with Gasteiger partial charge in [0.15, 0.2) is 18.1 Å². The first-order valence-electron chi connectivity index (χ1n) is 7.51. The Morgan fingerprint density at radius 1 is 1.12 bits per heavy atom. The van der Waals surface area contributed by atoms with Crippen LogP contribution in [0.3, 0.4) is 0 Å². The van der Waals surface area contributed by atoms with Gasteiger partial charge in [-0.25, -0.2) is 0 Å². The first-order chi connectivity index (χ1) is 12.1. The fourth-order valence-electron chi connectivity index (χ4n) is 1.99. The number of hydrogen-bond donors (Lipinski definition) is 1. The molecule has 0 aromatic heterocycles. The second-order valence-electron chi connectivity index (χ2n) is 5.03. The lowest BCUT2D eigenvalue weighted by Crippen LogP contribution is -2.26. The van der Waals surface area contributed by atoms with Crippen molar-refractivity contribution in [2.75, 3.05) is 20.8 Å². The van der Waals surface area contributed by atoms with E-state index in [0.717, 1.165) is 11.1 Å². The highest BCUT2D eigenvalue weighted by Gasteiger charge is 2.06. The van der Waals surface area contributed by atoms with Gasteiger partial charge in [0.1, 0.15) is 0 Å². The summed E-state index contributed by atoms with van der Waals surface area (Å²) in [5.41, 5.74) is 1.71. The van der Waals surface area contributed by atoms with E-state index in [2.05, 4.69) is 10.5 Å². The Bertz CT molecular complexity index is 732. The summed E-state index contributed by atoms with van der Waals surface area (Å²) < 4.78 is 10.4. The third-order valence-electron chi connectivity index (χ3n) is 3.28. The number of methoxy groups -OCH3 is 2. The minimum Gasteiger partial charge on any atom is -0.493 e. The van der Waals surface area contributed by atoms with Crippen LogP contribution in [0.25, 0.3) is 0 Å². The number of carbonyl (C=O) groups is 1. The van der Waals surface area contributed by atoms with Crippen molar-refractivity contribution in [3.05, 3.63) is 58.6 Å². The minimum absolute atomic E-state index is 0.169. The number of benzene rings is 2. The average molecular weight is 363 g/mol. The number of nitrogens with one attached hydrogen (secondary N) is 1. The van der Waals surface area contributed by atoms with Gasteiger partial charge in [-0.05, 0) is 35.4 Å². The molecule has 0 heterocycles. The van der Waals surface area contributed by atoms with Gasteiger partial charge in [-0.15, -0.1) is 0 Å². The maximum atomic E-state index is 11.8. The Hall–Kier alpha value is -2.73. The molecule has 0 saturated heterocycles. The predicted octanol–water partition coefficient (Wildman–Crippen LogP) is 3.02. The Morgan fingerprint density at radius 3 is 2.52 bits per heavy atom. The van der Waals surface area contributed by atoms with E-state index in [1.54, 1.807) is 50.6 Å². The molecule has 132 valence electrons. The van der Waals surface area contributed by atoms with Crippen molar-refractivity contribution in [2.24, 2.45) is 5.16 Å². The number of halogens is 1. The van der Waals surface area contributed by atoms with Gasteiger partial charge in [0, 0.05) is 11.6 Å². The summed E-state index contributed by atoms with van der Waals surface area (Å²) in [4.78, 5) is 16.7. The largest absolute Gasteiger partial charge is 0.493 e. The van der Waals surface area contributed by atoms with Crippen LogP contribution in [0.4, 0.5) is 0 Å². The zero-order chi connectivity index (χ0) is 18.1. The molecule has 6 nitrogen and oxygen atoms in total. The summed E-state index contributed by atoms with van der Waals surface area (Å²) >= 11 is 5.79. The number of amides is 1. The number of oxime groups is 1. The topological polar surface area (TPSA) is 69.2 Å². The molecule has 0 atom stereocenters. The molecule has 25 heavy (non-hydrogen) atoms. The van der Waals surface area contributed by atoms with Gasteiger partial charge >= 0.3 is 0 Å². The summed E-state index contributed by atoms with van der Waals surface area (Å²) in [6, 6.07) is 12.5. The Kier molecular flexibility index (Phi) is 7.10. The third-order valence-corrected chi connectivity index (χ3v) is 3.53. The average Bonchev–Trinajstić information content (AvgIpc) is 2.64. The molecule has 2 rings (SSSR count). The molecule has 0 aliphatic rings. The molecule has 1 amide bonds. The van der Waals surface area contributed by atoms with E-state index in [4.69, 9.17) is 25.9 Å². The van der Waals surface area contributed by atoms with Crippen molar-refractivity contribution in [3.63, 3.8) is 0 Å². The number of nitrogens with zero attached hydrogens (tertiary/aromatic N) is 1. The normalized spacial score (nSPS) is 10.5.